The standard InChI is InChI=1S/C23H25FN4O3/c1-23(2,31)4-3-11-7-16-15(8-17(11)24)12-5-14(6-12)28-19(20(29)13-9-26-10-13)18(21(25)30)27-22(16)28/h7-8,12-14,20,26,29,31H,5-6,9-10H2,1-2H3,(H2,25,30)/t12?,14?,20-/m0/s1. The molecule has 162 valence electrons. The van der Waals surface area contributed by atoms with Gasteiger partial charge in [-0.2, -0.15) is 0 Å². The monoisotopic (exact) mass is 424 g/mol. The predicted molar refractivity (Wildman–Crippen MR) is 112 cm³/mol. The number of benzene rings is 1. The summed E-state index contributed by atoms with van der Waals surface area (Å²) in [5, 5.41) is 24.1. The number of imidazole rings is 1. The van der Waals surface area contributed by atoms with E-state index in [-0.39, 0.29) is 29.1 Å². The molecular formula is C23H25FN4O3. The molecule has 1 aromatic heterocycles. The molecule has 1 atom stereocenters. The molecule has 0 unspecified atom stereocenters. The molecule has 4 heterocycles. The lowest BCUT2D eigenvalue weighted by molar-refractivity contribution is 0.0644. The summed E-state index contributed by atoms with van der Waals surface area (Å²) in [6, 6.07) is 3.19. The van der Waals surface area contributed by atoms with Crippen molar-refractivity contribution in [2.75, 3.05) is 13.1 Å². The summed E-state index contributed by atoms with van der Waals surface area (Å²) >= 11 is 0. The van der Waals surface area contributed by atoms with Crippen molar-refractivity contribution >= 4 is 5.91 Å². The van der Waals surface area contributed by atoms with Crippen LogP contribution in [0.5, 0.6) is 0 Å². The SMILES string of the molecule is CC(C)(O)C#Cc1cc2c(cc1F)C1CC(C1)n1c-2nc(C(N)=O)c1[C@@H](O)C1CNC1. The number of aliphatic hydroxyl groups is 2. The van der Waals surface area contributed by atoms with E-state index in [1.165, 1.54) is 19.9 Å². The van der Waals surface area contributed by atoms with E-state index >= 15 is 0 Å². The Bertz CT molecular complexity index is 1140. The van der Waals surface area contributed by atoms with Gasteiger partial charge in [-0.05, 0) is 50.3 Å². The zero-order valence-electron chi connectivity index (χ0n) is 17.4. The molecular weight excluding hydrogens is 399 g/mol. The zero-order chi connectivity index (χ0) is 22.1. The third kappa shape index (κ3) is 3.24. The molecule has 3 aliphatic heterocycles. The molecule has 31 heavy (non-hydrogen) atoms. The number of halogens is 1. The van der Waals surface area contributed by atoms with Crippen molar-refractivity contribution in [2.45, 2.75) is 50.4 Å². The Labute approximate surface area is 179 Å². The van der Waals surface area contributed by atoms with Gasteiger partial charge in [0.05, 0.1) is 11.3 Å². The highest BCUT2D eigenvalue weighted by Gasteiger charge is 2.44. The average Bonchev–Trinajstić information content (AvgIpc) is 2.87. The second kappa shape index (κ2) is 6.89. The normalized spacial score (nSPS) is 22.7. The molecule has 0 spiro atoms. The minimum absolute atomic E-state index is 0.0149. The number of carbonyl (C=O) groups is 1. The molecule has 0 radical (unpaired) electrons. The third-order valence-electron chi connectivity index (χ3n) is 6.52. The lowest BCUT2D eigenvalue weighted by Gasteiger charge is -2.38. The summed E-state index contributed by atoms with van der Waals surface area (Å²) < 4.78 is 16.8. The Morgan fingerprint density at radius 3 is 2.68 bits per heavy atom. The van der Waals surface area contributed by atoms with Crippen LogP contribution in [0.4, 0.5) is 4.39 Å². The number of nitrogens with one attached hydrogen (secondary N) is 1. The van der Waals surface area contributed by atoms with E-state index in [0.717, 1.165) is 18.4 Å². The molecule has 1 saturated heterocycles. The van der Waals surface area contributed by atoms with Gasteiger partial charge in [0.2, 0.25) is 0 Å². The Balaban J connectivity index is 1.72. The fourth-order valence-electron chi connectivity index (χ4n) is 4.71. The first kappa shape index (κ1) is 20.2. The van der Waals surface area contributed by atoms with E-state index in [1.807, 2.05) is 4.57 Å². The molecule has 2 fully saturated rings. The molecule has 6 rings (SSSR count). The third-order valence-corrected chi connectivity index (χ3v) is 6.52. The van der Waals surface area contributed by atoms with Crippen LogP contribution in [0.25, 0.3) is 11.4 Å². The highest BCUT2D eigenvalue weighted by molar-refractivity contribution is 5.93. The van der Waals surface area contributed by atoms with Gasteiger partial charge in [-0.3, -0.25) is 4.79 Å². The number of primary amides is 1. The first-order valence-corrected chi connectivity index (χ1v) is 10.5. The molecule has 1 aromatic carbocycles. The first-order valence-electron chi connectivity index (χ1n) is 10.5. The van der Waals surface area contributed by atoms with E-state index in [9.17, 15) is 19.4 Å². The minimum Gasteiger partial charge on any atom is -0.386 e. The second-order valence-electron chi connectivity index (χ2n) is 9.32. The van der Waals surface area contributed by atoms with Crippen molar-refractivity contribution in [3.8, 4) is 23.2 Å². The molecule has 1 amide bonds. The van der Waals surface area contributed by atoms with E-state index in [4.69, 9.17) is 5.73 Å². The quantitative estimate of drug-likeness (QED) is 0.559. The number of carbonyl (C=O) groups excluding carboxylic acids is 1. The van der Waals surface area contributed by atoms with Gasteiger partial charge in [0.15, 0.2) is 5.69 Å². The number of hydrogen-bond donors (Lipinski definition) is 4. The summed E-state index contributed by atoms with van der Waals surface area (Å²) in [6.45, 7) is 4.38. The molecule has 4 aliphatic rings. The molecule has 7 nitrogen and oxygen atoms in total. The number of amides is 1. The molecule has 5 N–H and O–H groups in total. The van der Waals surface area contributed by atoms with Crippen LogP contribution in [0.2, 0.25) is 0 Å². The van der Waals surface area contributed by atoms with Crippen LogP contribution in [0.15, 0.2) is 12.1 Å². The lowest BCUT2D eigenvalue weighted by atomic mass is 9.75. The summed E-state index contributed by atoms with van der Waals surface area (Å²) in [5.74, 6) is 4.91. The fraction of sp³-hybridized carbons (Fsp3) is 0.478. The number of nitrogens with zero attached hydrogens (tertiary/aromatic N) is 2. The van der Waals surface area contributed by atoms with Gasteiger partial charge in [-0.1, -0.05) is 11.8 Å². The van der Waals surface area contributed by atoms with Crippen molar-refractivity contribution in [3.05, 3.63) is 40.5 Å². The van der Waals surface area contributed by atoms with Crippen molar-refractivity contribution in [2.24, 2.45) is 11.7 Å². The molecule has 1 aliphatic carbocycles. The largest absolute Gasteiger partial charge is 0.386 e. The molecule has 1 saturated carbocycles. The van der Waals surface area contributed by atoms with Crippen LogP contribution >= 0.6 is 0 Å². The summed E-state index contributed by atoms with van der Waals surface area (Å²) in [5.41, 5.74) is 6.58. The molecule has 2 bridgehead atoms. The van der Waals surface area contributed by atoms with Crippen molar-refractivity contribution in [1.82, 2.24) is 14.9 Å². The fourth-order valence-corrected chi connectivity index (χ4v) is 4.71. The number of aromatic nitrogens is 2. The van der Waals surface area contributed by atoms with Gasteiger partial charge in [-0.15, -0.1) is 0 Å². The Morgan fingerprint density at radius 1 is 1.39 bits per heavy atom. The van der Waals surface area contributed by atoms with Gasteiger partial charge < -0.3 is 25.8 Å². The summed E-state index contributed by atoms with van der Waals surface area (Å²) in [6.07, 6.45) is 0.705. The molecule has 2 aromatic rings. The van der Waals surface area contributed by atoms with Crippen LogP contribution in [-0.4, -0.2) is 44.4 Å². The zero-order valence-corrected chi connectivity index (χ0v) is 17.4. The lowest BCUT2D eigenvalue weighted by Crippen LogP contribution is -2.46. The highest BCUT2D eigenvalue weighted by Crippen LogP contribution is 2.54. The van der Waals surface area contributed by atoms with E-state index < -0.39 is 23.4 Å². The van der Waals surface area contributed by atoms with E-state index in [2.05, 4.69) is 22.1 Å². The van der Waals surface area contributed by atoms with Gasteiger partial charge in [0, 0.05) is 30.6 Å². The number of hydrogen-bond acceptors (Lipinski definition) is 5. The maximum Gasteiger partial charge on any atom is 0.269 e. The molecule has 8 heteroatoms. The van der Waals surface area contributed by atoms with E-state index in [0.29, 0.717) is 30.2 Å². The smallest absolute Gasteiger partial charge is 0.269 e. The van der Waals surface area contributed by atoms with Crippen LogP contribution in [-0.2, 0) is 0 Å². The maximum atomic E-state index is 14.8. The first-order chi connectivity index (χ1) is 14.6. The Morgan fingerprint density at radius 2 is 2.10 bits per heavy atom. The van der Waals surface area contributed by atoms with Gasteiger partial charge in [0.1, 0.15) is 23.3 Å². The number of rotatable bonds is 3. The van der Waals surface area contributed by atoms with Crippen LogP contribution in [0, 0.1) is 23.6 Å². The topological polar surface area (TPSA) is 113 Å². The van der Waals surface area contributed by atoms with Gasteiger partial charge in [-0.25, -0.2) is 9.37 Å². The van der Waals surface area contributed by atoms with Crippen molar-refractivity contribution in [3.63, 3.8) is 0 Å². The maximum absolute atomic E-state index is 14.8. The van der Waals surface area contributed by atoms with Crippen molar-refractivity contribution < 1.29 is 19.4 Å². The highest BCUT2D eigenvalue weighted by atomic mass is 19.1. The predicted octanol–water partition coefficient (Wildman–Crippen LogP) is 1.60. The van der Waals surface area contributed by atoms with E-state index in [1.54, 1.807) is 6.07 Å². The summed E-state index contributed by atoms with van der Waals surface area (Å²) in [7, 11) is 0. The summed E-state index contributed by atoms with van der Waals surface area (Å²) in [4.78, 5) is 16.8. The van der Waals surface area contributed by atoms with Gasteiger partial charge in [0.25, 0.3) is 5.91 Å². The van der Waals surface area contributed by atoms with Crippen molar-refractivity contribution in [1.29, 1.82) is 0 Å². The second-order valence-corrected chi connectivity index (χ2v) is 9.32. The van der Waals surface area contributed by atoms with Gasteiger partial charge >= 0.3 is 0 Å². The average molecular weight is 424 g/mol. The Kier molecular flexibility index (Phi) is 4.49. The minimum atomic E-state index is -1.26. The van der Waals surface area contributed by atoms with Crippen LogP contribution in [0.3, 0.4) is 0 Å². The van der Waals surface area contributed by atoms with Crippen LogP contribution in [0.1, 0.15) is 72.1 Å². The number of nitrogens with two attached hydrogens (primary N) is 1. The number of aliphatic hydroxyl groups excluding tert-OH is 1. The van der Waals surface area contributed by atoms with Crippen LogP contribution < -0.4 is 11.1 Å². The Hall–Kier alpha value is -2.73.